The van der Waals surface area contributed by atoms with Crippen LogP contribution in [0, 0.1) is 5.92 Å². The van der Waals surface area contributed by atoms with Gasteiger partial charge in [0.2, 0.25) is 0 Å². The van der Waals surface area contributed by atoms with Crippen molar-refractivity contribution in [1.29, 1.82) is 0 Å². The third-order valence-corrected chi connectivity index (χ3v) is 3.90. The summed E-state index contributed by atoms with van der Waals surface area (Å²) >= 11 is 0. The van der Waals surface area contributed by atoms with Crippen LogP contribution >= 0.6 is 0 Å². The molecule has 21 heavy (non-hydrogen) atoms. The minimum atomic E-state index is -4.08. The molecule has 1 fully saturated rings. The van der Waals surface area contributed by atoms with Crippen LogP contribution in [0.5, 0.6) is 0 Å². The molecule has 1 unspecified atom stereocenters. The zero-order chi connectivity index (χ0) is 15.3. The summed E-state index contributed by atoms with van der Waals surface area (Å²) in [6, 6.07) is 4.13. The van der Waals surface area contributed by atoms with Gasteiger partial charge in [-0.15, -0.1) is 0 Å². The molecule has 120 valence electrons. The van der Waals surface area contributed by atoms with E-state index in [-0.39, 0.29) is 0 Å². The van der Waals surface area contributed by atoms with Crippen LogP contribution < -0.4 is 5.32 Å². The van der Waals surface area contributed by atoms with Gasteiger partial charge in [-0.05, 0) is 44.0 Å². The van der Waals surface area contributed by atoms with E-state index in [1.807, 2.05) is 6.07 Å². The highest BCUT2D eigenvalue weighted by Gasteiger charge is 2.34. The first-order valence-electron chi connectivity index (χ1n) is 7.62. The molecule has 0 aromatic carbocycles. The summed E-state index contributed by atoms with van der Waals surface area (Å²) in [5.74, 6) is 0.321. The molecular formula is C15H24F3N3. The Morgan fingerprint density at radius 1 is 1.38 bits per heavy atom. The number of nitrogens with zero attached hydrogens (tertiary/aromatic N) is 2. The Morgan fingerprint density at radius 3 is 2.90 bits per heavy atom. The van der Waals surface area contributed by atoms with Gasteiger partial charge in [0, 0.05) is 31.5 Å². The summed E-state index contributed by atoms with van der Waals surface area (Å²) in [6.07, 6.45) is -0.0692. The van der Waals surface area contributed by atoms with Crippen LogP contribution in [0.15, 0.2) is 18.3 Å². The number of likely N-dealkylation sites (tertiary alicyclic amines) is 1. The van der Waals surface area contributed by atoms with E-state index < -0.39 is 12.7 Å². The molecule has 1 saturated heterocycles. The summed E-state index contributed by atoms with van der Waals surface area (Å²) in [5, 5.41) is 3.38. The maximum Gasteiger partial charge on any atom is 0.401 e. The molecule has 0 amide bonds. The molecule has 1 aromatic heterocycles. The van der Waals surface area contributed by atoms with Crippen LogP contribution in [0.1, 0.15) is 25.5 Å². The van der Waals surface area contributed by atoms with Gasteiger partial charge in [-0.3, -0.25) is 4.90 Å². The van der Waals surface area contributed by atoms with Crippen molar-refractivity contribution < 1.29 is 13.2 Å². The maximum absolute atomic E-state index is 12.3. The second-order valence-electron chi connectivity index (χ2n) is 5.83. The number of alkyl halides is 3. The Bertz CT molecular complexity index is 428. The molecule has 3 nitrogen and oxygen atoms in total. The van der Waals surface area contributed by atoms with Crippen LogP contribution in [0.25, 0.3) is 0 Å². The van der Waals surface area contributed by atoms with E-state index >= 15 is 0 Å². The summed E-state index contributed by atoms with van der Waals surface area (Å²) in [6.45, 7) is 5.04. The predicted molar refractivity (Wildman–Crippen MR) is 77.0 cm³/mol. The number of aromatic nitrogens is 1. The van der Waals surface area contributed by atoms with Crippen molar-refractivity contribution in [2.45, 2.75) is 39.0 Å². The third-order valence-electron chi connectivity index (χ3n) is 3.90. The van der Waals surface area contributed by atoms with Crippen LogP contribution in [-0.2, 0) is 13.1 Å². The molecule has 2 heterocycles. The smallest absolute Gasteiger partial charge is 0.350 e. The Morgan fingerprint density at radius 2 is 2.19 bits per heavy atom. The fourth-order valence-corrected chi connectivity index (χ4v) is 2.95. The lowest BCUT2D eigenvalue weighted by atomic mass is 10.1. The van der Waals surface area contributed by atoms with Gasteiger partial charge in [-0.1, -0.05) is 6.92 Å². The Balaban J connectivity index is 1.69. The summed E-state index contributed by atoms with van der Waals surface area (Å²) in [7, 11) is 0. The van der Waals surface area contributed by atoms with Crippen molar-refractivity contribution >= 4 is 0 Å². The fourth-order valence-electron chi connectivity index (χ4n) is 2.95. The normalized spacial score (nSPS) is 20.3. The van der Waals surface area contributed by atoms with Gasteiger partial charge in [0.1, 0.15) is 0 Å². The highest BCUT2D eigenvalue weighted by molar-refractivity contribution is 5.06. The summed E-state index contributed by atoms with van der Waals surface area (Å²) in [4.78, 5) is 1.51. The van der Waals surface area contributed by atoms with Crippen LogP contribution in [0.3, 0.4) is 0 Å². The lowest BCUT2D eigenvalue weighted by molar-refractivity contribution is -0.143. The van der Waals surface area contributed by atoms with E-state index in [2.05, 4.69) is 29.1 Å². The largest absolute Gasteiger partial charge is 0.401 e. The highest BCUT2D eigenvalue weighted by atomic mass is 19.4. The molecule has 1 N–H and O–H groups in total. The van der Waals surface area contributed by atoms with E-state index in [4.69, 9.17) is 0 Å². The number of halogens is 3. The highest BCUT2D eigenvalue weighted by Crippen LogP contribution is 2.22. The molecule has 0 saturated carbocycles. The molecule has 0 radical (unpaired) electrons. The Labute approximate surface area is 124 Å². The second-order valence-corrected chi connectivity index (χ2v) is 5.83. The van der Waals surface area contributed by atoms with E-state index in [1.165, 1.54) is 10.6 Å². The lowest BCUT2D eigenvalue weighted by Crippen LogP contribution is -2.33. The average molecular weight is 303 g/mol. The first kappa shape index (κ1) is 16.4. The Kier molecular flexibility index (Phi) is 5.70. The van der Waals surface area contributed by atoms with Crippen LogP contribution in [0.4, 0.5) is 13.2 Å². The summed E-state index contributed by atoms with van der Waals surface area (Å²) in [5.41, 5.74) is 1.24. The zero-order valence-corrected chi connectivity index (χ0v) is 12.5. The minimum absolute atomic E-state index is 0.321. The van der Waals surface area contributed by atoms with Crippen LogP contribution in [-0.4, -0.2) is 41.8 Å². The molecule has 2 rings (SSSR count). The van der Waals surface area contributed by atoms with Gasteiger partial charge in [-0.2, -0.15) is 13.2 Å². The third kappa shape index (κ3) is 5.36. The number of aryl methyl sites for hydroxylation is 1. The first-order valence-corrected chi connectivity index (χ1v) is 7.62. The molecule has 1 atom stereocenters. The number of hydrogen-bond acceptors (Lipinski definition) is 2. The van der Waals surface area contributed by atoms with Crippen molar-refractivity contribution in [3.63, 3.8) is 0 Å². The van der Waals surface area contributed by atoms with E-state index in [1.54, 1.807) is 0 Å². The molecule has 1 aliphatic heterocycles. The van der Waals surface area contributed by atoms with Gasteiger partial charge in [0.05, 0.1) is 6.54 Å². The van der Waals surface area contributed by atoms with Crippen molar-refractivity contribution in [2.75, 3.05) is 26.2 Å². The topological polar surface area (TPSA) is 20.2 Å². The molecule has 1 aromatic rings. The van der Waals surface area contributed by atoms with Crippen molar-refractivity contribution in [2.24, 2.45) is 5.92 Å². The van der Waals surface area contributed by atoms with Gasteiger partial charge < -0.3 is 9.88 Å². The lowest BCUT2D eigenvalue weighted by Gasteiger charge is -2.18. The molecule has 0 bridgehead atoms. The summed E-state index contributed by atoms with van der Waals surface area (Å²) < 4.78 is 39.2. The monoisotopic (exact) mass is 303 g/mol. The molecular weight excluding hydrogens is 279 g/mol. The predicted octanol–water partition coefficient (Wildman–Crippen LogP) is 2.87. The number of rotatable bonds is 7. The fraction of sp³-hybridized carbons (Fsp3) is 0.733. The molecule has 1 aliphatic rings. The van der Waals surface area contributed by atoms with Crippen molar-refractivity contribution in [1.82, 2.24) is 14.8 Å². The van der Waals surface area contributed by atoms with Crippen LogP contribution in [0.2, 0.25) is 0 Å². The standard InChI is InChI=1S/C15H24F3N3/c1-2-6-21-7-3-4-14(21)10-19-9-13-5-8-20(11-13)12-15(16,17)18/h3-4,7,13,19H,2,5-6,8-12H2,1H3. The van der Waals surface area contributed by atoms with Crippen molar-refractivity contribution in [3.8, 4) is 0 Å². The first-order chi connectivity index (χ1) is 9.98. The van der Waals surface area contributed by atoms with Gasteiger partial charge in [0.15, 0.2) is 0 Å². The number of hydrogen-bond donors (Lipinski definition) is 1. The average Bonchev–Trinajstić information content (AvgIpc) is 2.98. The quantitative estimate of drug-likeness (QED) is 0.836. The zero-order valence-electron chi connectivity index (χ0n) is 12.5. The molecule has 0 spiro atoms. The number of nitrogens with one attached hydrogen (secondary N) is 1. The molecule has 0 aliphatic carbocycles. The Hall–Kier alpha value is -1.01. The minimum Gasteiger partial charge on any atom is -0.350 e. The van der Waals surface area contributed by atoms with Gasteiger partial charge in [-0.25, -0.2) is 0 Å². The second kappa shape index (κ2) is 7.31. The van der Waals surface area contributed by atoms with Gasteiger partial charge >= 0.3 is 6.18 Å². The SMILES string of the molecule is CCCn1cccc1CNCC1CCN(CC(F)(F)F)C1. The van der Waals surface area contributed by atoms with Crippen molar-refractivity contribution in [3.05, 3.63) is 24.0 Å². The molecule has 6 heteroatoms. The maximum atomic E-state index is 12.3. The van der Waals surface area contributed by atoms with Gasteiger partial charge in [0.25, 0.3) is 0 Å². The van der Waals surface area contributed by atoms with E-state index in [0.29, 0.717) is 19.0 Å². The van der Waals surface area contributed by atoms with E-state index in [0.717, 1.165) is 32.5 Å². The van der Waals surface area contributed by atoms with E-state index in [9.17, 15) is 13.2 Å².